The molecule has 7 N–H and O–H groups in total. The Kier molecular flexibility index (Phi) is 29.0. The molecule has 1 aliphatic heterocycles. The number of carbonyl (C=O) groups is 10. The van der Waals surface area contributed by atoms with Gasteiger partial charge in [-0.05, 0) is 79.2 Å². The molecule has 1 heterocycles. The number of amides is 10. The number of imide groups is 1. The average Bonchev–Trinajstić information content (AvgIpc) is 3.99. The molecular formula is C59H89N9O15. The zero-order valence-electron chi connectivity index (χ0n) is 50.5. The summed E-state index contributed by atoms with van der Waals surface area (Å²) in [6, 6.07) is 5.98. The maximum absolute atomic E-state index is 14.5. The standard InChI is InChI=1S/C59H89N9O15/c1-14-38(8)53(45(81-13)32-49(72)82-34-40-23-26-42(79-11)31-44(40)80-12)66(9)57(76)51(36(4)5)65-56(75)52(37(6)7)67(10)59(78)83-33-39-21-24-41(25-22-39)62-54(73)43(19-18-29-61-58(60)77)63-55(74)50(35(2)3)64-46(69)20-16-15-17-30-68-47(70)27-28-48(68)71/h21-28,31,35-38,43,45,50-53H,14-20,29-30,32-34H2,1-13H3,(H,62,73)(H,63,74)(H,64,69)(H,65,75)(H3,60,61,77)/t38-,43-,45+,50?,51-,52?,53-/m0/s1. The van der Waals surface area contributed by atoms with Gasteiger partial charge in [0.05, 0.1) is 32.8 Å². The Morgan fingerprint density at radius 2 is 1.34 bits per heavy atom. The Balaban J connectivity index is 1.64. The van der Waals surface area contributed by atoms with Crippen LogP contribution >= 0.6 is 0 Å². The van der Waals surface area contributed by atoms with Gasteiger partial charge in [-0.3, -0.25) is 48.2 Å². The molecule has 0 saturated heterocycles. The molecule has 0 fully saturated rings. The number of unbranched alkanes of at least 4 members (excludes halogenated alkanes) is 2. The van der Waals surface area contributed by atoms with Crippen molar-refractivity contribution in [2.45, 2.75) is 156 Å². The summed E-state index contributed by atoms with van der Waals surface area (Å²) in [5, 5.41) is 13.7. The molecular weight excluding hydrogens is 1070 g/mol. The molecule has 7 atom stereocenters. The number of ether oxygens (including phenoxy) is 5. The molecule has 1 aliphatic rings. The van der Waals surface area contributed by atoms with Gasteiger partial charge in [0.15, 0.2) is 0 Å². The van der Waals surface area contributed by atoms with Gasteiger partial charge in [0.2, 0.25) is 29.5 Å². The van der Waals surface area contributed by atoms with Gasteiger partial charge in [0.1, 0.15) is 48.9 Å². The van der Waals surface area contributed by atoms with Crippen LogP contribution in [0.5, 0.6) is 11.5 Å². The first-order valence-corrected chi connectivity index (χ1v) is 28.2. The summed E-state index contributed by atoms with van der Waals surface area (Å²) in [6.45, 7) is 14.6. The van der Waals surface area contributed by atoms with Crippen molar-refractivity contribution in [1.82, 2.24) is 36.0 Å². The van der Waals surface area contributed by atoms with E-state index in [1.807, 2.05) is 13.8 Å². The van der Waals surface area contributed by atoms with Crippen LogP contribution in [0, 0.1) is 23.7 Å². The average molecular weight is 1160 g/mol. The van der Waals surface area contributed by atoms with E-state index in [0.29, 0.717) is 54.0 Å². The molecule has 0 aliphatic carbocycles. The number of urea groups is 1. The normalized spacial score (nSPS) is 14.6. The van der Waals surface area contributed by atoms with E-state index in [1.54, 1.807) is 91.1 Å². The highest BCUT2D eigenvalue weighted by Gasteiger charge is 2.40. The van der Waals surface area contributed by atoms with E-state index >= 15 is 0 Å². The van der Waals surface area contributed by atoms with Gasteiger partial charge >= 0.3 is 18.1 Å². The van der Waals surface area contributed by atoms with Gasteiger partial charge in [0.25, 0.3) is 11.8 Å². The van der Waals surface area contributed by atoms with E-state index in [4.69, 9.17) is 29.4 Å². The van der Waals surface area contributed by atoms with Gasteiger partial charge in [-0.1, -0.05) is 80.4 Å². The van der Waals surface area contributed by atoms with Crippen molar-refractivity contribution in [1.29, 1.82) is 0 Å². The molecule has 2 unspecified atom stereocenters. The summed E-state index contributed by atoms with van der Waals surface area (Å²) in [5.41, 5.74) is 6.73. The molecule has 0 radical (unpaired) electrons. The molecule has 24 nitrogen and oxygen atoms in total. The Bertz CT molecular complexity index is 2540. The monoisotopic (exact) mass is 1160 g/mol. The second kappa shape index (κ2) is 34.6. The van der Waals surface area contributed by atoms with Crippen LogP contribution < -0.4 is 41.8 Å². The number of primary amides is 1. The highest BCUT2D eigenvalue weighted by molar-refractivity contribution is 6.12. The maximum Gasteiger partial charge on any atom is 0.410 e. The lowest BCUT2D eigenvalue weighted by atomic mass is 9.90. The van der Waals surface area contributed by atoms with Crippen molar-refractivity contribution in [3.8, 4) is 11.5 Å². The minimum Gasteiger partial charge on any atom is -0.497 e. The molecule has 0 spiro atoms. The van der Waals surface area contributed by atoms with Crippen LogP contribution in [0.4, 0.5) is 15.3 Å². The fourth-order valence-electron chi connectivity index (χ4n) is 9.47. The molecule has 0 aromatic heterocycles. The second-order valence-electron chi connectivity index (χ2n) is 21.7. The summed E-state index contributed by atoms with van der Waals surface area (Å²) < 4.78 is 27.9. The summed E-state index contributed by atoms with van der Waals surface area (Å²) >= 11 is 0. The first-order valence-electron chi connectivity index (χ1n) is 28.2. The third-order valence-corrected chi connectivity index (χ3v) is 14.4. The van der Waals surface area contributed by atoms with Crippen molar-refractivity contribution in [3.05, 3.63) is 65.7 Å². The lowest BCUT2D eigenvalue weighted by Crippen LogP contribution is -2.60. The topological polar surface area (TPSA) is 313 Å². The van der Waals surface area contributed by atoms with Crippen LogP contribution in [-0.2, 0) is 65.8 Å². The van der Waals surface area contributed by atoms with E-state index in [9.17, 15) is 47.9 Å². The zero-order valence-corrected chi connectivity index (χ0v) is 50.5. The van der Waals surface area contributed by atoms with E-state index in [-0.39, 0.29) is 81.5 Å². The van der Waals surface area contributed by atoms with Crippen molar-refractivity contribution in [3.63, 3.8) is 0 Å². The largest absolute Gasteiger partial charge is 0.497 e. The van der Waals surface area contributed by atoms with Gasteiger partial charge in [-0.25, -0.2) is 9.59 Å². The van der Waals surface area contributed by atoms with Gasteiger partial charge < -0.3 is 60.9 Å². The van der Waals surface area contributed by atoms with E-state index in [0.717, 1.165) is 4.90 Å². The molecule has 0 bridgehead atoms. The van der Waals surface area contributed by atoms with E-state index < -0.39 is 89.9 Å². The van der Waals surface area contributed by atoms with Crippen LogP contribution in [0.1, 0.15) is 118 Å². The molecule has 460 valence electrons. The molecule has 2 aromatic carbocycles. The second-order valence-corrected chi connectivity index (χ2v) is 21.7. The number of esters is 1. The summed E-state index contributed by atoms with van der Waals surface area (Å²) in [5.74, 6) is -4.14. The number of rotatable bonds is 35. The van der Waals surface area contributed by atoms with E-state index in [1.165, 1.54) is 50.3 Å². The third-order valence-electron chi connectivity index (χ3n) is 14.4. The van der Waals surface area contributed by atoms with Crippen molar-refractivity contribution in [2.75, 3.05) is 53.8 Å². The highest BCUT2D eigenvalue weighted by atomic mass is 16.6. The Hall–Kier alpha value is -7.76. The number of benzene rings is 2. The fourth-order valence-corrected chi connectivity index (χ4v) is 9.47. The number of nitrogens with zero attached hydrogens (tertiary/aromatic N) is 3. The smallest absolute Gasteiger partial charge is 0.410 e. The van der Waals surface area contributed by atoms with Gasteiger partial charge in [0, 0.05) is 70.2 Å². The highest BCUT2D eigenvalue weighted by Crippen LogP contribution is 2.27. The number of hydrogen-bond donors (Lipinski definition) is 6. The van der Waals surface area contributed by atoms with Crippen LogP contribution in [0.15, 0.2) is 54.6 Å². The van der Waals surface area contributed by atoms with Gasteiger partial charge in [-0.15, -0.1) is 0 Å². The molecule has 83 heavy (non-hydrogen) atoms. The third kappa shape index (κ3) is 21.8. The Labute approximate surface area is 487 Å². The lowest BCUT2D eigenvalue weighted by Gasteiger charge is -2.40. The van der Waals surface area contributed by atoms with Crippen molar-refractivity contribution >= 4 is 65.1 Å². The number of carbonyl (C=O) groups excluding carboxylic acids is 10. The van der Waals surface area contributed by atoms with Crippen molar-refractivity contribution in [2.24, 2.45) is 29.4 Å². The van der Waals surface area contributed by atoms with Crippen LogP contribution in [0.2, 0.25) is 0 Å². The maximum atomic E-state index is 14.5. The number of likely N-dealkylation sites (N-methyl/N-ethyl adjacent to an activating group) is 2. The number of anilines is 1. The van der Waals surface area contributed by atoms with E-state index in [2.05, 4.69) is 26.6 Å². The number of nitrogens with one attached hydrogen (secondary N) is 5. The van der Waals surface area contributed by atoms with Crippen LogP contribution in [0.3, 0.4) is 0 Å². The molecule has 10 amide bonds. The van der Waals surface area contributed by atoms with Gasteiger partial charge in [-0.2, -0.15) is 0 Å². The molecule has 24 heteroatoms. The summed E-state index contributed by atoms with van der Waals surface area (Å²) in [7, 11) is 7.55. The number of hydrogen-bond acceptors (Lipinski definition) is 15. The summed E-state index contributed by atoms with van der Waals surface area (Å²) in [4.78, 5) is 135. The quantitative estimate of drug-likeness (QED) is 0.0302. The number of nitrogens with two attached hydrogens (primary N) is 1. The van der Waals surface area contributed by atoms with Crippen LogP contribution in [0.25, 0.3) is 0 Å². The first-order chi connectivity index (χ1) is 39.3. The predicted molar refractivity (Wildman–Crippen MR) is 309 cm³/mol. The molecule has 3 rings (SSSR count). The Morgan fingerprint density at radius 3 is 1.90 bits per heavy atom. The molecule has 0 saturated carbocycles. The minimum absolute atomic E-state index is 0.0679. The lowest BCUT2D eigenvalue weighted by molar-refractivity contribution is -0.153. The van der Waals surface area contributed by atoms with Crippen molar-refractivity contribution < 1.29 is 71.6 Å². The Morgan fingerprint density at radius 1 is 0.687 bits per heavy atom. The molecule has 2 aromatic rings. The predicted octanol–water partition coefficient (Wildman–Crippen LogP) is 4.96. The SMILES string of the molecule is CC[C@H](C)[C@@H]([C@@H](CC(=O)OCc1ccc(OC)cc1OC)OC)N(C)C(=O)[C@@H](NC(=O)C(C(C)C)N(C)C(=O)OCc1ccc(NC(=O)[C@H](CCCNC(N)=O)NC(=O)C(NC(=O)CCCCCN2C(=O)C=CC2=O)C(C)C)cc1)C(C)C. The fraction of sp³-hybridized carbons (Fsp3) is 0.593. The first kappa shape index (κ1) is 69.5. The minimum atomic E-state index is -1.10. The number of methoxy groups -OCH3 is 3. The summed E-state index contributed by atoms with van der Waals surface area (Å²) in [6.07, 6.45) is 3.26. The van der Waals surface area contributed by atoms with Crippen LogP contribution in [-0.4, -0.2) is 159 Å². The zero-order chi connectivity index (χ0) is 62.1.